The first-order valence-electron chi connectivity index (χ1n) is 6.67. The summed E-state index contributed by atoms with van der Waals surface area (Å²) in [4.78, 5) is 0. The predicted molar refractivity (Wildman–Crippen MR) is 85.3 cm³/mol. The maximum atomic E-state index is 5.61. The highest BCUT2D eigenvalue weighted by atomic mass is 16.5. The molecule has 0 aromatic heterocycles. The number of hydrogen-bond acceptors (Lipinski definition) is 1. The zero-order valence-electron chi connectivity index (χ0n) is 11.4. The SMILES string of the molecule is CO/C(=C/c1ccccc1)c1cccc2ccccc12. The Hall–Kier alpha value is -2.54. The molecule has 1 nitrogen and oxygen atoms in total. The summed E-state index contributed by atoms with van der Waals surface area (Å²) < 4.78 is 5.61. The Morgan fingerprint density at radius 1 is 0.800 bits per heavy atom. The van der Waals surface area contributed by atoms with E-state index in [0.29, 0.717) is 0 Å². The lowest BCUT2D eigenvalue weighted by molar-refractivity contribution is 0.373. The Kier molecular flexibility index (Phi) is 3.51. The monoisotopic (exact) mass is 260 g/mol. The van der Waals surface area contributed by atoms with Crippen molar-refractivity contribution in [2.75, 3.05) is 7.11 Å². The molecule has 0 heterocycles. The van der Waals surface area contributed by atoms with E-state index in [1.54, 1.807) is 7.11 Å². The molecule has 0 N–H and O–H groups in total. The summed E-state index contributed by atoms with van der Waals surface area (Å²) in [7, 11) is 1.72. The van der Waals surface area contributed by atoms with Gasteiger partial charge >= 0.3 is 0 Å². The second-order valence-corrected chi connectivity index (χ2v) is 4.65. The van der Waals surface area contributed by atoms with E-state index in [1.165, 1.54) is 10.8 Å². The first-order valence-corrected chi connectivity index (χ1v) is 6.67. The van der Waals surface area contributed by atoms with Crippen molar-refractivity contribution in [1.82, 2.24) is 0 Å². The summed E-state index contributed by atoms with van der Waals surface area (Å²) in [6, 6.07) is 24.9. The van der Waals surface area contributed by atoms with E-state index < -0.39 is 0 Å². The minimum absolute atomic E-state index is 0.882. The van der Waals surface area contributed by atoms with Crippen molar-refractivity contribution in [3.05, 3.63) is 83.9 Å². The van der Waals surface area contributed by atoms with Gasteiger partial charge in [0.25, 0.3) is 0 Å². The Bertz CT molecular complexity index is 737. The lowest BCUT2D eigenvalue weighted by atomic mass is 10.0. The van der Waals surface area contributed by atoms with E-state index in [-0.39, 0.29) is 0 Å². The highest BCUT2D eigenvalue weighted by Gasteiger charge is 2.06. The Balaban J connectivity index is 2.15. The molecular formula is C19H16O. The predicted octanol–water partition coefficient (Wildman–Crippen LogP) is 4.98. The third-order valence-electron chi connectivity index (χ3n) is 3.37. The van der Waals surface area contributed by atoms with Gasteiger partial charge in [0.05, 0.1) is 7.11 Å². The van der Waals surface area contributed by atoms with Gasteiger partial charge in [-0.3, -0.25) is 0 Å². The minimum Gasteiger partial charge on any atom is -0.496 e. The summed E-state index contributed by atoms with van der Waals surface area (Å²) in [5.74, 6) is 0.882. The van der Waals surface area contributed by atoms with Crippen LogP contribution in [0.3, 0.4) is 0 Å². The van der Waals surface area contributed by atoms with Crippen LogP contribution in [0, 0.1) is 0 Å². The zero-order valence-corrected chi connectivity index (χ0v) is 11.4. The quantitative estimate of drug-likeness (QED) is 0.476. The number of ether oxygens (including phenoxy) is 1. The first-order chi connectivity index (χ1) is 9.88. The van der Waals surface area contributed by atoms with Gasteiger partial charge in [-0.2, -0.15) is 0 Å². The van der Waals surface area contributed by atoms with E-state index in [1.807, 2.05) is 18.2 Å². The van der Waals surface area contributed by atoms with Crippen LogP contribution in [-0.2, 0) is 4.74 Å². The topological polar surface area (TPSA) is 9.23 Å². The van der Waals surface area contributed by atoms with Crippen LogP contribution in [-0.4, -0.2) is 7.11 Å². The lowest BCUT2D eigenvalue weighted by Gasteiger charge is -2.10. The number of rotatable bonds is 3. The van der Waals surface area contributed by atoms with Crippen LogP contribution in [0.15, 0.2) is 72.8 Å². The number of hydrogen-bond donors (Lipinski definition) is 0. The van der Waals surface area contributed by atoms with E-state index in [4.69, 9.17) is 4.74 Å². The third-order valence-corrected chi connectivity index (χ3v) is 3.37. The molecule has 3 rings (SSSR count). The molecule has 0 radical (unpaired) electrons. The fourth-order valence-corrected chi connectivity index (χ4v) is 2.39. The second-order valence-electron chi connectivity index (χ2n) is 4.65. The smallest absolute Gasteiger partial charge is 0.127 e. The van der Waals surface area contributed by atoms with Crippen molar-refractivity contribution in [2.24, 2.45) is 0 Å². The van der Waals surface area contributed by atoms with Gasteiger partial charge in [0.2, 0.25) is 0 Å². The summed E-state index contributed by atoms with van der Waals surface area (Å²) >= 11 is 0. The molecule has 98 valence electrons. The van der Waals surface area contributed by atoms with Crippen LogP contribution < -0.4 is 0 Å². The molecule has 0 amide bonds. The lowest BCUT2D eigenvalue weighted by Crippen LogP contribution is -1.89. The van der Waals surface area contributed by atoms with E-state index >= 15 is 0 Å². The standard InChI is InChI=1S/C19H16O/c1-20-19(14-15-8-3-2-4-9-15)18-13-7-11-16-10-5-6-12-17(16)18/h2-14H,1H3/b19-14+. The van der Waals surface area contributed by atoms with Crippen molar-refractivity contribution in [1.29, 1.82) is 0 Å². The number of benzene rings is 3. The molecule has 0 aliphatic heterocycles. The van der Waals surface area contributed by atoms with Crippen LogP contribution in [0.4, 0.5) is 0 Å². The average molecular weight is 260 g/mol. The molecule has 1 heteroatoms. The van der Waals surface area contributed by atoms with Crippen LogP contribution >= 0.6 is 0 Å². The van der Waals surface area contributed by atoms with Crippen LogP contribution in [0.1, 0.15) is 11.1 Å². The summed E-state index contributed by atoms with van der Waals surface area (Å²) in [6.45, 7) is 0. The highest BCUT2D eigenvalue weighted by Crippen LogP contribution is 2.27. The van der Waals surface area contributed by atoms with Gasteiger partial charge in [0.15, 0.2) is 0 Å². The molecule has 0 fully saturated rings. The summed E-state index contributed by atoms with van der Waals surface area (Å²) in [5, 5.41) is 2.43. The summed E-state index contributed by atoms with van der Waals surface area (Å²) in [6.07, 6.45) is 2.07. The van der Waals surface area contributed by atoms with Crippen LogP contribution in [0.2, 0.25) is 0 Å². The molecule has 0 saturated heterocycles. The Morgan fingerprint density at radius 3 is 2.30 bits per heavy atom. The van der Waals surface area contributed by atoms with Gasteiger partial charge < -0.3 is 4.74 Å². The Morgan fingerprint density at radius 2 is 1.50 bits per heavy atom. The molecule has 0 aliphatic rings. The molecule has 0 saturated carbocycles. The van der Waals surface area contributed by atoms with Crippen molar-refractivity contribution >= 4 is 22.6 Å². The third kappa shape index (κ3) is 2.43. The molecule has 0 unspecified atom stereocenters. The van der Waals surface area contributed by atoms with E-state index in [9.17, 15) is 0 Å². The molecule has 20 heavy (non-hydrogen) atoms. The highest BCUT2D eigenvalue weighted by molar-refractivity contribution is 5.95. The van der Waals surface area contributed by atoms with Gasteiger partial charge in [0.1, 0.15) is 5.76 Å². The molecule has 3 aromatic carbocycles. The first kappa shape index (κ1) is 12.5. The van der Waals surface area contributed by atoms with Gasteiger partial charge in [-0.05, 0) is 22.4 Å². The number of fused-ring (bicyclic) bond motifs is 1. The van der Waals surface area contributed by atoms with Gasteiger partial charge in [-0.1, -0.05) is 72.8 Å². The van der Waals surface area contributed by atoms with Crippen LogP contribution in [0.5, 0.6) is 0 Å². The molecule has 0 spiro atoms. The van der Waals surface area contributed by atoms with Gasteiger partial charge in [-0.15, -0.1) is 0 Å². The maximum absolute atomic E-state index is 5.61. The van der Waals surface area contributed by atoms with Gasteiger partial charge in [-0.25, -0.2) is 0 Å². The van der Waals surface area contributed by atoms with Crippen molar-refractivity contribution < 1.29 is 4.74 Å². The van der Waals surface area contributed by atoms with E-state index in [2.05, 4.69) is 60.7 Å². The average Bonchev–Trinajstić information content (AvgIpc) is 2.53. The molecule has 0 aliphatic carbocycles. The van der Waals surface area contributed by atoms with Crippen LogP contribution in [0.25, 0.3) is 22.6 Å². The molecule has 0 bridgehead atoms. The molecular weight excluding hydrogens is 244 g/mol. The van der Waals surface area contributed by atoms with E-state index in [0.717, 1.165) is 16.9 Å². The number of methoxy groups -OCH3 is 1. The minimum atomic E-state index is 0.882. The van der Waals surface area contributed by atoms with Crippen molar-refractivity contribution in [3.63, 3.8) is 0 Å². The normalized spacial score (nSPS) is 11.6. The fourth-order valence-electron chi connectivity index (χ4n) is 2.39. The fraction of sp³-hybridized carbons (Fsp3) is 0.0526. The maximum Gasteiger partial charge on any atom is 0.127 e. The zero-order chi connectivity index (χ0) is 13.8. The largest absolute Gasteiger partial charge is 0.496 e. The molecule has 3 aromatic rings. The summed E-state index contributed by atoms with van der Waals surface area (Å²) in [5.41, 5.74) is 2.26. The van der Waals surface area contributed by atoms with Crippen molar-refractivity contribution in [3.8, 4) is 0 Å². The Labute approximate surface area is 119 Å². The van der Waals surface area contributed by atoms with Crippen molar-refractivity contribution in [2.45, 2.75) is 0 Å². The van der Waals surface area contributed by atoms with Gasteiger partial charge in [0, 0.05) is 5.56 Å². The second kappa shape index (κ2) is 5.62. The molecule has 0 atom stereocenters.